The number of nitrogens with one attached hydrogen (secondary N) is 1. The summed E-state index contributed by atoms with van der Waals surface area (Å²) in [6.07, 6.45) is 2.99. The summed E-state index contributed by atoms with van der Waals surface area (Å²) in [5.74, 6) is -2.89. The van der Waals surface area contributed by atoms with Crippen molar-refractivity contribution < 1.29 is 19.4 Å². The lowest BCUT2D eigenvalue weighted by molar-refractivity contribution is -0.146. The van der Waals surface area contributed by atoms with Gasteiger partial charge in [0.25, 0.3) is 0 Å². The molecule has 0 radical (unpaired) electrons. The Hall–Kier alpha value is -2.14. The second-order valence-electron chi connectivity index (χ2n) is 5.83. The van der Waals surface area contributed by atoms with E-state index >= 15 is 0 Å². The molecule has 1 fully saturated rings. The summed E-state index contributed by atoms with van der Waals surface area (Å²) in [6, 6.07) is 7.41. The van der Waals surface area contributed by atoms with Crippen LogP contribution in [0.2, 0.25) is 0 Å². The monoisotopic (exact) mass is 287 g/mol. The van der Waals surface area contributed by atoms with Gasteiger partial charge in [-0.25, -0.2) is 0 Å². The predicted octanol–water partition coefficient (Wildman–Crippen LogP) is 1.98. The molecule has 21 heavy (non-hydrogen) atoms. The van der Waals surface area contributed by atoms with Crippen molar-refractivity contribution in [2.75, 3.05) is 5.32 Å². The third-order valence-corrected chi connectivity index (χ3v) is 4.19. The third kappa shape index (κ3) is 2.23. The molecule has 1 aromatic carbocycles. The number of ether oxygens (including phenoxy) is 1. The number of rotatable bonds is 3. The number of fused-ring (bicyclic) bond motifs is 2. The van der Waals surface area contributed by atoms with Crippen LogP contribution in [0.1, 0.15) is 12.5 Å². The van der Waals surface area contributed by atoms with Crippen molar-refractivity contribution in [1.29, 1.82) is 0 Å². The molecule has 0 unspecified atom stereocenters. The average molecular weight is 287 g/mol. The fourth-order valence-corrected chi connectivity index (χ4v) is 3.22. The molecule has 0 aliphatic carbocycles. The van der Waals surface area contributed by atoms with E-state index in [0.29, 0.717) is 5.69 Å². The molecule has 0 saturated carbocycles. The van der Waals surface area contributed by atoms with Crippen LogP contribution in [0.4, 0.5) is 5.69 Å². The molecule has 5 nitrogen and oxygen atoms in total. The van der Waals surface area contributed by atoms with Crippen molar-refractivity contribution in [3.05, 3.63) is 42.0 Å². The molecule has 1 saturated heterocycles. The molecule has 2 heterocycles. The fraction of sp³-hybridized carbons (Fsp3) is 0.375. The maximum atomic E-state index is 12.5. The maximum absolute atomic E-state index is 12.5. The Morgan fingerprint density at radius 3 is 2.81 bits per heavy atom. The third-order valence-electron chi connectivity index (χ3n) is 4.19. The molecule has 0 spiro atoms. The summed E-state index contributed by atoms with van der Waals surface area (Å²) in [7, 11) is 0. The SMILES string of the molecule is Cc1cccc(NC(=O)[C@@H]2[C@H](C(=O)O)[C@H]3C=C[C@@]2(C)O3)c1. The molecule has 2 aliphatic rings. The molecule has 3 rings (SSSR count). The molecule has 2 N–H and O–H groups in total. The standard InChI is InChI=1S/C16H17NO4/c1-9-4-3-5-10(8-9)17-14(18)13-12(15(19)20)11-6-7-16(13,2)21-11/h3-8,11-13H,1-2H3,(H,17,18)(H,19,20)/t11-,12-,13+,16-/m1/s1. The molecule has 1 aromatic rings. The van der Waals surface area contributed by atoms with E-state index in [2.05, 4.69) is 5.32 Å². The van der Waals surface area contributed by atoms with Crippen LogP contribution >= 0.6 is 0 Å². The second kappa shape index (κ2) is 4.70. The molecule has 2 aliphatic heterocycles. The van der Waals surface area contributed by atoms with Gasteiger partial charge in [-0.2, -0.15) is 0 Å². The number of hydrogen-bond donors (Lipinski definition) is 2. The average Bonchev–Trinajstić information content (AvgIpc) is 2.91. The Labute approximate surface area is 122 Å². The van der Waals surface area contributed by atoms with E-state index in [4.69, 9.17) is 4.74 Å². The minimum atomic E-state index is -1.00. The van der Waals surface area contributed by atoms with E-state index < -0.39 is 29.5 Å². The van der Waals surface area contributed by atoms with Crippen LogP contribution in [-0.2, 0) is 14.3 Å². The van der Waals surface area contributed by atoms with Gasteiger partial charge in [0, 0.05) is 5.69 Å². The Kier molecular flexibility index (Phi) is 3.10. The molecule has 110 valence electrons. The minimum Gasteiger partial charge on any atom is -0.481 e. The van der Waals surface area contributed by atoms with Gasteiger partial charge >= 0.3 is 5.97 Å². The highest BCUT2D eigenvalue weighted by molar-refractivity contribution is 5.97. The normalized spacial score (nSPS) is 33.1. The van der Waals surface area contributed by atoms with E-state index in [1.807, 2.05) is 25.1 Å². The predicted molar refractivity (Wildman–Crippen MR) is 76.8 cm³/mol. The van der Waals surface area contributed by atoms with E-state index in [0.717, 1.165) is 5.56 Å². The van der Waals surface area contributed by atoms with Gasteiger partial charge in [-0.05, 0) is 31.5 Å². The van der Waals surface area contributed by atoms with Gasteiger partial charge in [0.05, 0.1) is 17.6 Å². The number of benzene rings is 1. The van der Waals surface area contributed by atoms with Crippen molar-refractivity contribution in [3.8, 4) is 0 Å². The first kappa shape index (κ1) is 13.8. The van der Waals surface area contributed by atoms with Gasteiger partial charge in [-0.15, -0.1) is 0 Å². The lowest BCUT2D eigenvalue weighted by Crippen LogP contribution is -2.44. The molecule has 0 aromatic heterocycles. The van der Waals surface area contributed by atoms with Crippen molar-refractivity contribution in [3.63, 3.8) is 0 Å². The zero-order chi connectivity index (χ0) is 15.2. The lowest BCUT2D eigenvalue weighted by Gasteiger charge is -2.27. The Morgan fingerprint density at radius 1 is 1.38 bits per heavy atom. The topological polar surface area (TPSA) is 75.6 Å². The first-order valence-electron chi connectivity index (χ1n) is 6.88. The van der Waals surface area contributed by atoms with Gasteiger partial charge in [0.1, 0.15) is 5.92 Å². The molecule has 5 heteroatoms. The Bertz CT molecular complexity index is 639. The van der Waals surface area contributed by atoms with Crippen LogP contribution in [0.3, 0.4) is 0 Å². The molecular formula is C16H17NO4. The van der Waals surface area contributed by atoms with Gasteiger partial charge in [-0.1, -0.05) is 24.3 Å². The quantitative estimate of drug-likeness (QED) is 0.833. The smallest absolute Gasteiger partial charge is 0.310 e. The van der Waals surface area contributed by atoms with Crippen molar-refractivity contribution >= 4 is 17.6 Å². The van der Waals surface area contributed by atoms with E-state index in [9.17, 15) is 14.7 Å². The van der Waals surface area contributed by atoms with Crippen molar-refractivity contribution in [2.24, 2.45) is 11.8 Å². The number of carboxylic acids is 1. The number of hydrogen-bond acceptors (Lipinski definition) is 3. The number of aryl methyl sites for hydroxylation is 1. The summed E-state index contributed by atoms with van der Waals surface area (Å²) in [4.78, 5) is 24.0. The molecular weight excluding hydrogens is 270 g/mol. The Balaban J connectivity index is 1.86. The van der Waals surface area contributed by atoms with Gasteiger partial charge in [0.2, 0.25) is 5.91 Å². The first-order chi connectivity index (χ1) is 9.90. The Morgan fingerprint density at radius 2 is 2.14 bits per heavy atom. The molecule has 4 atom stereocenters. The summed E-state index contributed by atoms with van der Waals surface area (Å²) in [5, 5.41) is 12.2. The lowest BCUT2D eigenvalue weighted by atomic mass is 9.75. The van der Waals surface area contributed by atoms with Gasteiger partial charge in [0.15, 0.2) is 0 Å². The van der Waals surface area contributed by atoms with Crippen molar-refractivity contribution in [2.45, 2.75) is 25.6 Å². The summed E-state index contributed by atoms with van der Waals surface area (Å²) in [6.45, 7) is 3.69. The number of carbonyl (C=O) groups excluding carboxylic acids is 1. The second-order valence-corrected chi connectivity index (χ2v) is 5.83. The molecule has 1 amide bonds. The van der Waals surface area contributed by atoms with Crippen LogP contribution in [0.25, 0.3) is 0 Å². The summed E-state index contributed by atoms with van der Waals surface area (Å²) >= 11 is 0. The van der Waals surface area contributed by atoms with Crippen LogP contribution in [0.5, 0.6) is 0 Å². The number of carbonyl (C=O) groups is 2. The highest BCUT2D eigenvalue weighted by Gasteiger charge is 2.59. The van der Waals surface area contributed by atoms with E-state index in [-0.39, 0.29) is 5.91 Å². The van der Waals surface area contributed by atoms with Crippen LogP contribution in [0, 0.1) is 18.8 Å². The van der Waals surface area contributed by atoms with Gasteiger partial charge in [-0.3, -0.25) is 9.59 Å². The number of carboxylic acid groups (broad SMARTS) is 1. The maximum Gasteiger partial charge on any atom is 0.310 e. The van der Waals surface area contributed by atoms with Gasteiger partial charge < -0.3 is 15.2 Å². The zero-order valence-corrected chi connectivity index (χ0v) is 11.9. The van der Waals surface area contributed by atoms with E-state index in [1.54, 1.807) is 25.1 Å². The minimum absolute atomic E-state index is 0.317. The highest BCUT2D eigenvalue weighted by Crippen LogP contribution is 2.47. The summed E-state index contributed by atoms with van der Waals surface area (Å²) < 4.78 is 5.68. The number of amides is 1. The summed E-state index contributed by atoms with van der Waals surface area (Å²) in [5.41, 5.74) is 0.846. The highest BCUT2D eigenvalue weighted by atomic mass is 16.5. The fourth-order valence-electron chi connectivity index (χ4n) is 3.22. The number of aliphatic carboxylic acids is 1. The van der Waals surface area contributed by atoms with Crippen LogP contribution in [-0.4, -0.2) is 28.7 Å². The van der Waals surface area contributed by atoms with Crippen LogP contribution < -0.4 is 5.32 Å². The van der Waals surface area contributed by atoms with E-state index in [1.165, 1.54) is 0 Å². The van der Waals surface area contributed by atoms with Crippen molar-refractivity contribution in [1.82, 2.24) is 0 Å². The first-order valence-corrected chi connectivity index (χ1v) is 6.88. The molecule has 2 bridgehead atoms. The van der Waals surface area contributed by atoms with Crippen LogP contribution in [0.15, 0.2) is 36.4 Å². The number of anilines is 1. The largest absolute Gasteiger partial charge is 0.481 e. The zero-order valence-electron chi connectivity index (χ0n) is 11.9.